The Morgan fingerprint density at radius 2 is 1.88 bits per heavy atom. The molecule has 0 saturated carbocycles. The summed E-state index contributed by atoms with van der Waals surface area (Å²) in [6.07, 6.45) is 2.53. The highest BCUT2D eigenvalue weighted by molar-refractivity contribution is 6.04. The fraction of sp³-hybridized carbons (Fsp3) is 0.640. The first-order chi connectivity index (χ1) is 15.8. The Hall–Kier alpha value is -2.45. The zero-order valence-electron chi connectivity index (χ0n) is 19.9. The monoisotopic (exact) mass is 457 g/mol. The molecule has 33 heavy (non-hydrogen) atoms. The molecule has 2 bridgehead atoms. The van der Waals surface area contributed by atoms with E-state index in [0.717, 1.165) is 17.5 Å². The number of para-hydroxylation sites is 1. The highest BCUT2D eigenvalue weighted by atomic mass is 16.5. The van der Waals surface area contributed by atoms with E-state index in [2.05, 4.69) is 10.6 Å². The number of likely N-dealkylation sites (tertiary alicyclic amines) is 1. The maximum absolute atomic E-state index is 13.7. The summed E-state index contributed by atoms with van der Waals surface area (Å²) >= 11 is 0. The number of benzene rings is 1. The summed E-state index contributed by atoms with van der Waals surface area (Å²) in [6, 6.07) is 4.87. The average Bonchev–Trinajstić information content (AvgIpc) is 3.39. The second-order valence-electron chi connectivity index (χ2n) is 9.64. The molecule has 3 fully saturated rings. The molecule has 3 N–H and O–H groups in total. The molecule has 3 amide bonds. The van der Waals surface area contributed by atoms with Crippen LogP contribution in [0.4, 0.5) is 5.69 Å². The molecule has 0 aromatic heterocycles. The van der Waals surface area contributed by atoms with E-state index in [1.54, 1.807) is 0 Å². The standard InChI is InChI=1S/C25H35N3O5/c1-5-12-26-21(30)17-18-23(32)28(13-14-29)20(25(18)11-10-24(17,6-2)33-25)22(31)27-19-15(3)8-7-9-16(19)4/h7-9,17-18,20,29H,5-6,10-14H2,1-4H3,(H,26,30)(H,27,31)/t17-,18+,20?,24+,25?/m1/s1. The van der Waals surface area contributed by atoms with Gasteiger partial charge in [-0.05, 0) is 50.7 Å². The summed E-state index contributed by atoms with van der Waals surface area (Å²) < 4.78 is 6.65. The van der Waals surface area contributed by atoms with Crippen LogP contribution in [-0.2, 0) is 19.1 Å². The number of nitrogens with zero attached hydrogens (tertiary/aromatic N) is 1. The van der Waals surface area contributed by atoms with Crippen molar-refractivity contribution in [3.05, 3.63) is 29.3 Å². The van der Waals surface area contributed by atoms with Gasteiger partial charge >= 0.3 is 0 Å². The van der Waals surface area contributed by atoms with Gasteiger partial charge in [0.2, 0.25) is 17.7 Å². The first kappa shape index (κ1) is 23.7. The summed E-state index contributed by atoms with van der Waals surface area (Å²) in [4.78, 5) is 42.1. The first-order valence-electron chi connectivity index (χ1n) is 12.0. The van der Waals surface area contributed by atoms with Crippen molar-refractivity contribution in [2.75, 3.05) is 25.0 Å². The number of amides is 3. The summed E-state index contributed by atoms with van der Waals surface area (Å²) in [5.74, 6) is -2.17. The predicted octanol–water partition coefficient (Wildman–Crippen LogP) is 1.92. The number of carbonyl (C=O) groups is 3. The minimum absolute atomic E-state index is 0.0215. The summed E-state index contributed by atoms with van der Waals surface area (Å²) in [7, 11) is 0. The Morgan fingerprint density at radius 1 is 1.18 bits per heavy atom. The van der Waals surface area contributed by atoms with Gasteiger partial charge in [-0.2, -0.15) is 0 Å². The molecule has 3 aliphatic heterocycles. The van der Waals surface area contributed by atoms with Gasteiger partial charge in [-0.3, -0.25) is 14.4 Å². The van der Waals surface area contributed by atoms with Crippen molar-refractivity contribution < 1.29 is 24.2 Å². The van der Waals surface area contributed by atoms with Crippen LogP contribution in [0.3, 0.4) is 0 Å². The number of rotatable bonds is 8. The maximum atomic E-state index is 13.7. The van der Waals surface area contributed by atoms with Crippen LogP contribution in [0.5, 0.6) is 0 Å². The predicted molar refractivity (Wildman–Crippen MR) is 123 cm³/mol. The number of aliphatic hydroxyl groups excluding tert-OH is 1. The molecule has 3 saturated heterocycles. The molecular formula is C25H35N3O5. The molecule has 0 aliphatic carbocycles. The van der Waals surface area contributed by atoms with Crippen LogP contribution in [0, 0.1) is 25.7 Å². The number of β-amino-alcohol motifs (C(OH)–C–C–N with tert-alkyl or cyclic N) is 1. The molecule has 2 unspecified atom stereocenters. The van der Waals surface area contributed by atoms with E-state index in [4.69, 9.17) is 4.74 Å². The third kappa shape index (κ3) is 3.46. The van der Waals surface area contributed by atoms with Crippen LogP contribution in [0.1, 0.15) is 50.7 Å². The number of fused-ring (bicyclic) bond motifs is 1. The van der Waals surface area contributed by atoms with Crippen LogP contribution in [0.25, 0.3) is 0 Å². The highest BCUT2D eigenvalue weighted by Crippen LogP contribution is 2.64. The van der Waals surface area contributed by atoms with Crippen molar-refractivity contribution in [1.82, 2.24) is 10.2 Å². The van der Waals surface area contributed by atoms with Crippen molar-refractivity contribution >= 4 is 23.4 Å². The molecule has 1 aromatic rings. The molecule has 5 atom stereocenters. The van der Waals surface area contributed by atoms with E-state index in [9.17, 15) is 19.5 Å². The van der Waals surface area contributed by atoms with Crippen LogP contribution in [-0.4, -0.2) is 64.7 Å². The van der Waals surface area contributed by atoms with Crippen molar-refractivity contribution in [1.29, 1.82) is 0 Å². The average molecular weight is 458 g/mol. The number of ether oxygens (including phenoxy) is 1. The Balaban J connectivity index is 1.74. The van der Waals surface area contributed by atoms with E-state index in [0.29, 0.717) is 31.5 Å². The lowest BCUT2D eigenvalue weighted by Crippen LogP contribution is -2.54. The van der Waals surface area contributed by atoms with Gasteiger partial charge in [-0.25, -0.2) is 0 Å². The van der Waals surface area contributed by atoms with E-state index < -0.39 is 29.1 Å². The summed E-state index contributed by atoms with van der Waals surface area (Å²) in [5, 5.41) is 15.7. The van der Waals surface area contributed by atoms with E-state index in [1.807, 2.05) is 45.9 Å². The Bertz CT molecular complexity index is 945. The quantitative estimate of drug-likeness (QED) is 0.553. The van der Waals surface area contributed by atoms with Gasteiger partial charge in [0.1, 0.15) is 11.6 Å². The maximum Gasteiger partial charge on any atom is 0.250 e. The lowest BCUT2D eigenvalue weighted by molar-refractivity contribution is -0.146. The fourth-order valence-electron chi connectivity index (χ4n) is 6.33. The van der Waals surface area contributed by atoms with Crippen LogP contribution >= 0.6 is 0 Å². The number of aryl methyl sites for hydroxylation is 2. The number of carbonyl (C=O) groups excluding carboxylic acids is 3. The summed E-state index contributed by atoms with van der Waals surface area (Å²) in [5.41, 5.74) is 0.745. The van der Waals surface area contributed by atoms with Crippen molar-refractivity contribution in [2.24, 2.45) is 11.8 Å². The highest BCUT2D eigenvalue weighted by Gasteiger charge is 2.78. The Labute approximate surface area is 195 Å². The normalized spacial score (nSPS) is 32.2. The van der Waals surface area contributed by atoms with Gasteiger partial charge < -0.3 is 25.4 Å². The first-order valence-corrected chi connectivity index (χ1v) is 12.0. The summed E-state index contributed by atoms with van der Waals surface area (Å²) in [6.45, 7) is 8.08. The number of nitrogens with one attached hydrogen (secondary N) is 2. The van der Waals surface area contributed by atoms with Gasteiger partial charge in [-0.1, -0.05) is 32.0 Å². The number of anilines is 1. The lowest BCUT2D eigenvalue weighted by Gasteiger charge is -2.33. The van der Waals surface area contributed by atoms with Crippen LogP contribution in [0.2, 0.25) is 0 Å². The topological polar surface area (TPSA) is 108 Å². The number of hydrogen-bond donors (Lipinski definition) is 3. The molecule has 0 radical (unpaired) electrons. The molecule has 8 heteroatoms. The van der Waals surface area contributed by atoms with Gasteiger partial charge in [-0.15, -0.1) is 0 Å². The fourth-order valence-corrected chi connectivity index (χ4v) is 6.33. The molecule has 3 aliphatic rings. The Morgan fingerprint density at radius 3 is 2.48 bits per heavy atom. The smallest absolute Gasteiger partial charge is 0.250 e. The van der Waals surface area contributed by atoms with Gasteiger partial charge in [0, 0.05) is 18.8 Å². The zero-order valence-corrected chi connectivity index (χ0v) is 19.9. The third-order valence-corrected chi connectivity index (χ3v) is 7.83. The van der Waals surface area contributed by atoms with Gasteiger partial charge in [0.15, 0.2) is 0 Å². The minimum atomic E-state index is -1.07. The second-order valence-corrected chi connectivity index (χ2v) is 9.64. The van der Waals surface area contributed by atoms with Crippen molar-refractivity contribution in [3.8, 4) is 0 Å². The van der Waals surface area contributed by atoms with Crippen LogP contribution < -0.4 is 10.6 Å². The third-order valence-electron chi connectivity index (χ3n) is 7.83. The van der Waals surface area contributed by atoms with E-state index >= 15 is 0 Å². The number of aliphatic hydroxyl groups is 1. The largest absolute Gasteiger partial charge is 0.395 e. The van der Waals surface area contributed by atoms with Crippen molar-refractivity contribution in [3.63, 3.8) is 0 Å². The van der Waals surface area contributed by atoms with Gasteiger partial charge in [0.05, 0.1) is 24.0 Å². The van der Waals surface area contributed by atoms with Crippen molar-refractivity contribution in [2.45, 2.75) is 70.6 Å². The molecule has 1 spiro atoms. The Kier molecular flexibility index (Phi) is 6.26. The zero-order chi connectivity index (χ0) is 24.0. The van der Waals surface area contributed by atoms with E-state index in [-0.39, 0.29) is 30.9 Å². The SMILES string of the molecule is CCCNC(=O)[C@H]1[C@H]2C(=O)N(CCO)C(C(=O)Nc3c(C)cccc3C)C23CC[C@]1(CC)O3. The lowest BCUT2D eigenvalue weighted by atomic mass is 9.65. The second kappa shape index (κ2) is 8.72. The minimum Gasteiger partial charge on any atom is -0.395 e. The molecule has 3 heterocycles. The van der Waals surface area contributed by atoms with Gasteiger partial charge in [0.25, 0.3) is 0 Å². The molecule has 180 valence electrons. The molecule has 4 rings (SSSR count). The molecule has 8 nitrogen and oxygen atoms in total. The molecule has 1 aromatic carbocycles. The number of hydrogen-bond acceptors (Lipinski definition) is 5. The van der Waals surface area contributed by atoms with Crippen LogP contribution in [0.15, 0.2) is 18.2 Å². The van der Waals surface area contributed by atoms with E-state index in [1.165, 1.54) is 4.90 Å². The molecular weight excluding hydrogens is 422 g/mol.